The largest absolute Gasteiger partial charge is 0.488 e. The van der Waals surface area contributed by atoms with Crippen molar-refractivity contribution >= 4 is 5.82 Å². The summed E-state index contributed by atoms with van der Waals surface area (Å²) in [5, 5.41) is 3.22. The summed E-state index contributed by atoms with van der Waals surface area (Å²) >= 11 is 0. The molecule has 1 aromatic heterocycles. The van der Waals surface area contributed by atoms with Gasteiger partial charge in [-0.1, -0.05) is 29.8 Å². The van der Waals surface area contributed by atoms with Gasteiger partial charge in [0.15, 0.2) is 11.6 Å². The van der Waals surface area contributed by atoms with Gasteiger partial charge in [-0.2, -0.15) is 0 Å². The van der Waals surface area contributed by atoms with Crippen LogP contribution >= 0.6 is 0 Å². The number of hydrogen-bond acceptors (Lipinski definition) is 3. The number of anilines is 1. The van der Waals surface area contributed by atoms with Crippen molar-refractivity contribution in [2.75, 3.05) is 18.5 Å². The minimum atomic E-state index is 0.700. The Morgan fingerprint density at radius 1 is 1.24 bits per heavy atom. The van der Waals surface area contributed by atoms with Crippen molar-refractivity contribution in [3.8, 4) is 16.9 Å². The van der Waals surface area contributed by atoms with Gasteiger partial charge in [-0.05, 0) is 18.6 Å². The third kappa shape index (κ3) is 1.96. The van der Waals surface area contributed by atoms with Crippen LogP contribution in [0.5, 0.6) is 5.75 Å². The first-order valence-electron chi connectivity index (χ1n) is 5.77. The lowest BCUT2D eigenvalue weighted by molar-refractivity contribution is 0.321. The number of benzene rings is 1. The first kappa shape index (κ1) is 10.1. The Morgan fingerprint density at radius 2 is 2.18 bits per heavy atom. The highest BCUT2D eigenvalue weighted by atomic mass is 16.5. The van der Waals surface area contributed by atoms with E-state index < -0.39 is 0 Å². The number of ether oxygens (including phenoxy) is 1. The van der Waals surface area contributed by atoms with Gasteiger partial charge in [0.25, 0.3) is 0 Å². The molecule has 3 heteroatoms. The standard InChI is InChI=1S/C14H14N2O/c1-10-3-2-4-11(7-10)12-8-13-14(16-9-12)15-5-6-17-13/h2-4,7-9H,5-6H2,1H3,(H,15,16). The summed E-state index contributed by atoms with van der Waals surface area (Å²) in [7, 11) is 0. The van der Waals surface area contributed by atoms with Gasteiger partial charge in [0.2, 0.25) is 0 Å². The van der Waals surface area contributed by atoms with E-state index in [2.05, 4.69) is 41.5 Å². The highest BCUT2D eigenvalue weighted by Gasteiger charge is 2.11. The Hall–Kier alpha value is -2.03. The molecule has 0 saturated carbocycles. The SMILES string of the molecule is Cc1cccc(-c2cnc3c(c2)OCCN3)c1. The van der Waals surface area contributed by atoms with Gasteiger partial charge in [0, 0.05) is 11.8 Å². The normalized spacial score (nSPS) is 13.5. The van der Waals surface area contributed by atoms with Crippen LogP contribution in [-0.2, 0) is 0 Å². The van der Waals surface area contributed by atoms with Crippen LogP contribution in [0.4, 0.5) is 5.82 Å². The lowest BCUT2D eigenvalue weighted by Crippen LogP contribution is -2.18. The number of aryl methyl sites for hydroxylation is 1. The molecular formula is C14H14N2O. The van der Waals surface area contributed by atoms with Crippen molar-refractivity contribution in [2.24, 2.45) is 0 Å². The molecule has 0 fully saturated rings. The second kappa shape index (κ2) is 4.09. The minimum Gasteiger partial charge on any atom is -0.488 e. The van der Waals surface area contributed by atoms with Crippen molar-refractivity contribution < 1.29 is 4.74 Å². The lowest BCUT2D eigenvalue weighted by atomic mass is 10.1. The molecular weight excluding hydrogens is 212 g/mol. The third-order valence-electron chi connectivity index (χ3n) is 2.86. The summed E-state index contributed by atoms with van der Waals surface area (Å²) in [4.78, 5) is 4.39. The van der Waals surface area contributed by atoms with Gasteiger partial charge < -0.3 is 10.1 Å². The van der Waals surface area contributed by atoms with Crippen LogP contribution < -0.4 is 10.1 Å². The van der Waals surface area contributed by atoms with Gasteiger partial charge in [-0.3, -0.25) is 0 Å². The molecule has 0 saturated heterocycles. The Balaban J connectivity index is 2.04. The molecule has 0 unspecified atom stereocenters. The van der Waals surface area contributed by atoms with Crippen LogP contribution in [0.2, 0.25) is 0 Å². The first-order valence-corrected chi connectivity index (χ1v) is 5.77. The van der Waals surface area contributed by atoms with Gasteiger partial charge in [0.1, 0.15) is 6.61 Å². The van der Waals surface area contributed by atoms with E-state index in [1.807, 2.05) is 12.3 Å². The minimum absolute atomic E-state index is 0.700. The van der Waals surface area contributed by atoms with E-state index in [1.54, 1.807) is 0 Å². The quantitative estimate of drug-likeness (QED) is 0.811. The average molecular weight is 226 g/mol. The topological polar surface area (TPSA) is 34.1 Å². The zero-order valence-electron chi connectivity index (χ0n) is 9.73. The number of pyridine rings is 1. The number of aromatic nitrogens is 1. The van der Waals surface area contributed by atoms with E-state index in [0.29, 0.717) is 6.61 Å². The summed E-state index contributed by atoms with van der Waals surface area (Å²) in [6.45, 7) is 3.61. The van der Waals surface area contributed by atoms with Crippen molar-refractivity contribution in [1.29, 1.82) is 0 Å². The van der Waals surface area contributed by atoms with E-state index in [-0.39, 0.29) is 0 Å². The predicted molar refractivity (Wildman–Crippen MR) is 68.4 cm³/mol. The Bertz CT molecular complexity index is 552. The molecule has 0 aliphatic carbocycles. The number of hydrogen-bond donors (Lipinski definition) is 1. The third-order valence-corrected chi connectivity index (χ3v) is 2.86. The second-order valence-electron chi connectivity index (χ2n) is 4.22. The Morgan fingerprint density at radius 3 is 3.06 bits per heavy atom. The molecule has 86 valence electrons. The fraction of sp³-hybridized carbons (Fsp3) is 0.214. The summed E-state index contributed by atoms with van der Waals surface area (Å²) in [6, 6.07) is 10.4. The van der Waals surface area contributed by atoms with E-state index in [9.17, 15) is 0 Å². The highest BCUT2D eigenvalue weighted by Crippen LogP contribution is 2.30. The van der Waals surface area contributed by atoms with Crippen LogP contribution in [0.25, 0.3) is 11.1 Å². The van der Waals surface area contributed by atoms with Gasteiger partial charge in [-0.25, -0.2) is 4.98 Å². The maximum Gasteiger partial charge on any atom is 0.168 e. The molecule has 1 aromatic carbocycles. The summed E-state index contributed by atoms with van der Waals surface area (Å²) in [6.07, 6.45) is 1.88. The monoisotopic (exact) mass is 226 g/mol. The zero-order valence-corrected chi connectivity index (χ0v) is 9.73. The van der Waals surface area contributed by atoms with E-state index in [0.717, 1.165) is 23.7 Å². The maximum atomic E-state index is 5.59. The summed E-state index contributed by atoms with van der Waals surface area (Å²) in [5.74, 6) is 1.68. The Kier molecular flexibility index (Phi) is 2.44. The van der Waals surface area contributed by atoms with Gasteiger partial charge in [0.05, 0.1) is 6.54 Å². The predicted octanol–water partition coefficient (Wildman–Crippen LogP) is 2.86. The van der Waals surface area contributed by atoms with Crippen molar-refractivity contribution in [3.63, 3.8) is 0 Å². The molecule has 17 heavy (non-hydrogen) atoms. The first-order chi connectivity index (χ1) is 8.33. The smallest absolute Gasteiger partial charge is 0.168 e. The number of nitrogens with one attached hydrogen (secondary N) is 1. The zero-order chi connectivity index (χ0) is 11.7. The summed E-state index contributed by atoms with van der Waals surface area (Å²) in [5.41, 5.74) is 3.52. The fourth-order valence-electron chi connectivity index (χ4n) is 2.00. The van der Waals surface area contributed by atoms with E-state index in [1.165, 1.54) is 11.1 Å². The fourth-order valence-corrected chi connectivity index (χ4v) is 2.00. The van der Waals surface area contributed by atoms with Gasteiger partial charge in [-0.15, -0.1) is 0 Å². The molecule has 3 nitrogen and oxygen atoms in total. The van der Waals surface area contributed by atoms with Crippen LogP contribution in [-0.4, -0.2) is 18.1 Å². The van der Waals surface area contributed by atoms with E-state index in [4.69, 9.17) is 4.74 Å². The molecule has 0 bridgehead atoms. The molecule has 1 N–H and O–H groups in total. The maximum absolute atomic E-state index is 5.59. The molecule has 1 aliphatic rings. The van der Waals surface area contributed by atoms with Gasteiger partial charge >= 0.3 is 0 Å². The molecule has 0 radical (unpaired) electrons. The molecule has 3 rings (SSSR count). The van der Waals surface area contributed by atoms with Crippen LogP contribution in [0.15, 0.2) is 36.5 Å². The average Bonchev–Trinajstić information content (AvgIpc) is 2.38. The number of nitrogens with zero attached hydrogens (tertiary/aromatic N) is 1. The number of fused-ring (bicyclic) bond motifs is 1. The molecule has 0 spiro atoms. The molecule has 0 atom stereocenters. The molecule has 1 aliphatic heterocycles. The highest BCUT2D eigenvalue weighted by molar-refractivity contribution is 5.68. The Labute approximate surface area is 100 Å². The van der Waals surface area contributed by atoms with Crippen LogP contribution in [0.3, 0.4) is 0 Å². The van der Waals surface area contributed by atoms with E-state index >= 15 is 0 Å². The summed E-state index contributed by atoms with van der Waals surface area (Å²) < 4.78 is 5.59. The molecule has 2 aromatic rings. The molecule has 2 heterocycles. The number of rotatable bonds is 1. The van der Waals surface area contributed by atoms with Crippen molar-refractivity contribution in [3.05, 3.63) is 42.1 Å². The van der Waals surface area contributed by atoms with Crippen molar-refractivity contribution in [2.45, 2.75) is 6.92 Å². The lowest BCUT2D eigenvalue weighted by Gasteiger charge is -2.18. The van der Waals surface area contributed by atoms with Crippen LogP contribution in [0.1, 0.15) is 5.56 Å². The van der Waals surface area contributed by atoms with Crippen molar-refractivity contribution in [1.82, 2.24) is 4.98 Å². The molecule has 0 amide bonds. The van der Waals surface area contributed by atoms with Crippen LogP contribution in [0, 0.1) is 6.92 Å². The second-order valence-corrected chi connectivity index (χ2v) is 4.22.